The number of aromatic hydroxyl groups is 1. The Morgan fingerprint density at radius 1 is 1.25 bits per heavy atom. The van der Waals surface area contributed by atoms with Gasteiger partial charge in [0.25, 0.3) is 0 Å². The third-order valence-electron chi connectivity index (χ3n) is 4.67. The van der Waals surface area contributed by atoms with Crippen molar-refractivity contribution in [3.8, 4) is 5.75 Å². The number of nitrogens with zero attached hydrogens (tertiary/aromatic N) is 1. The van der Waals surface area contributed by atoms with Crippen LogP contribution in [-0.4, -0.2) is 29.0 Å². The molecule has 0 atom stereocenters. The molecule has 1 aromatic carbocycles. The van der Waals surface area contributed by atoms with E-state index in [1.165, 1.54) is 19.3 Å². The van der Waals surface area contributed by atoms with Crippen LogP contribution in [0.5, 0.6) is 5.75 Å². The zero-order chi connectivity index (χ0) is 14.5. The SMILES string of the molecule is CCC1CCC(N(C)C(=O)Cc2ccccc2O)CC1. The molecular weight excluding hydrogens is 250 g/mol. The van der Waals surface area contributed by atoms with Gasteiger partial charge in [0.05, 0.1) is 6.42 Å². The average molecular weight is 275 g/mol. The maximum absolute atomic E-state index is 12.3. The number of likely N-dealkylation sites (N-methyl/N-ethyl adjacent to an activating group) is 1. The quantitative estimate of drug-likeness (QED) is 0.915. The zero-order valence-electron chi connectivity index (χ0n) is 12.5. The molecule has 1 aliphatic carbocycles. The lowest BCUT2D eigenvalue weighted by Crippen LogP contribution is -2.40. The second-order valence-electron chi connectivity index (χ2n) is 5.89. The predicted octanol–water partition coefficient (Wildman–Crippen LogP) is 3.36. The van der Waals surface area contributed by atoms with Gasteiger partial charge in [0, 0.05) is 18.7 Å². The number of rotatable bonds is 4. The second kappa shape index (κ2) is 6.78. The van der Waals surface area contributed by atoms with Crippen LogP contribution in [0.2, 0.25) is 0 Å². The third-order valence-corrected chi connectivity index (χ3v) is 4.67. The second-order valence-corrected chi connectivity index (χ2v) is 5.89. The summed E-state index contributed by atoms with van der Waals surface area (Å²) in [5, 5.41) is 9.75. The first-order valence-electron chi connectivity index (χ1n) is 7.64. The monoisotopic (exact) mass is 275 g/mol. The van der Waals surface area contributed by atoms with Gasteiger partial charge in [-0.15, -0.1) is 0 Å². The van der Waals surface area contributed by atoms with Gasteiger partial charge in [-0.25, -0.2) is 0 Å². The highest BCUT2D eigenvalue weighted by Gasteiger charge is 2.25. The van der Waals surface area contributed by atoms with Crippen molar-refractivity contribution in [2.24, 2.45) is 5.92 Å². The van der Waals surface area contributed by atoms with E-state index in [1.807, 2.05) is 24.1 Å². The van der Waals surface area contributed by atoms with Crippen molar-refractivity contribution in [1.29, 1.82) is 0 Å². The van der Waals surface area contributed by atoms with Crippen molar-refractivity contribution < 1.29 is 9.90 Å². The molecule has 1 aliphatic rings. The zero-order valence-corrected chi connectivity index (χ0v) is 12.5. The van der Waals surface area contributed by atoms with Crippen molar-refractivity contribution in [2.45, 2.75) is 51.5 Å². The molecule has 0 aromatic heterocycles. The molecule has 1 fully saturated rings. The Kier molecular flexibility index (Phi) is 5.05. The fourth-order valence-corrected chi connectivity index (χ4v) is 3.09. The number of para-hydroxylation sites is 1. The van der Waals surface area contributed by atoms with Crippen molar-refractivity contribution in [1.82, 2.24) is 4.90 Å². The minimum Gasteiger partial charge on any atom is -0.508 e. The summed E-state index contributed by atoms with van der Waals surface area (Å²) in [4.78, 5) is 14.2. The van der Waals surface area contributed by atoms with Gasteiger partial charge >= 0.3 is 0 Å². The molecule has 0 radical (unpaired) electrons. The molecule has 0 heterocycles. The summed E-state index contributed by atoms with van der Waals surface area (Å²) in [7, 11) is 1.90. The van der Waals surface area contributed by atoms with Gasteiger partial charge in [-0.3, -0.25) is 4.79 Å². The molecule has 0 aliphatic heterocycles. The van der Waals surface area contributed by atoms with Gasteiger partial charge in [0.15, 0.2) is 0 Å². The molecule has 0 saturated heterocycles. The van der Waals surface area contributed by atoms with Crippen LogP contribution in [0.4, 0.5) is 0 Å². The lowest BCUT2D eigenvalue weighted by atomic mass is 9.84. The van der Waals surface area contributed by atoms with E-state index in [2.05, 4.69) is 6.92 Å². The number of amides is 1. The van der Waals surface area contributed by atoms with Crippen molar-refractivity contribution in [3.05, 3.63) is 29.8 Å². The summed E-state index contributed by atoms with van der Waals surface area (Å²) in [6.07, 6.45) is 6.23. The highest BCUT2D eigenvalue weighted by atomic mass is 16.3. The molecule has 3 heteroatoms. The van der Waals surface area contributed by atoms with Gasteiger partial charge in [0.2, 0.25) is 5.91 Å². The van der Waals surface area contributed by atoms with E-state index in [9.17, 15) is 9.90 Å². The average Bonchev–Trinajstić information content (AvgIpc) is 2.49. The third kappa shape index (κ3) is 3.53. The standard InChI is InChI=1S/C17H25NO2/c1-3-13-8-10-15(11-9-13)18(2)17(20)12-14-6-4-5-7-16(14)19/h4-7,13,15,19H,3,8-12H2,1-2H3. The molecule has 1 amide bonds. The molecule has 1 aromatic rings. The number of benzene rings is 1. The number of phenols is 1. The van der Waals surface area contributed by atoms with Gasteiger partial charge in [-0.05, 0) is 37.7 Å². The number of carbonyl (C=O) groups excluding carboxylic acids is 1. The van der Waals surface area contributed by atoms with Crippen molar-refractivity contribution in [3.63, 3.8) is 0 Å². The Morgan fingerprint density at radius 3 is 2.50 bits per heavy atom. The molecule has 0 unspecified atom stereocenters. The number of hydrogen-bond donors (Lipinski definition) is 1. The van der Waals surface area contributed by atoms with E-state index < -0.39 is 0 Å². The van der Waals surface area contributed by atoms with Crippen LogP contribution >= 0.6 is 0 Å². The lowest BCUT2D eigenvalue weighted by Gasteiger charge is -2.34. The van der Waals surface area contributed by atoms with Crippen LogP contribution in [-0.2, 0) is 11.2 Å². The van der Waals surface area contributed by atoms with Crippen LogP contribution in [0.25, 0.3) is 0 Å². The van der Waals surface area contributed by atoms with E-state index in [1.54, 1.807) is 12.1 Å². The van der Waals surface area contributed by atoms with Crippen LogP contribution in [0.1, 0.15) is 44.6 Å². The Hall–Kier alpha value is -1.51. The van der Waals surface area contributed by atoms with E-state index >= 15 is 0 Å². The predicted molar refractivity (Wildman–Crippen MR) is 80.6 cm³/mol. The Morgan fingerprint density at radius 2 is 1.90 bits per heavy atom. The normalized spacial score (nSPS) is 22.5. The number of carbonyl (C=O) groups is 1. The highest BCUT2D eigenvalue weighted by Crippen LogP contribution is 2.29. The fraction of sp³-hybridized carbons (Fsp3) is 0.588. The Balaban J connectivity index is 1.91. The van der Waals surface area contributed by atoms with Gasteiger partial charge in [-0.1, -0.05) is 31.5 Å². The number of hydrogen-bond acceptors (Lipinski definition) is 2. The molecule has 110 valence electrons. The number of phenolic OH excluding ortho intramolecular Hbond substituents is 1. The fourth-order valence-electron chi connectivity index (χ4n) is 3.09. The van der Waals surface area contributed by atoms with E-state index in [0.717, 1.165) is 18.8 Å². The molecule has 1 saturated carbocycles. The summed E-state index contributed by atoms with van der Waals surface area (Å²) in [5.41, 5.74) is 0.714. The summed E-state index contributed by atoms with van der Waals surface area (Å²) >= 11 is 0. The van der Waals surface area contributed by atoms with Crippen molar-refractivity contribution in [2.75, 3.05) is 7.05 Å². The van der Waals surface area contributed by atoms with Crippen molar-refractivity contribution >= 4 is 5.91 Å². The summed E-state index contributed by atoms with van der Waals surface area (Å²) in [5.74, 6) is 1.16. The Bertz CT molecular complexity index is 450. The molecule has 2 rings (SSSR count). The molecular formula is C17H25NO2. The Labute approximate surface area is 121 Å². The summed E-state index contributed by atoms with van der Waals surface area (Å²) < 4.78 is 0. The van der Waals surface area contributed by atoms with Crippen LogP contribution in [0.15, 0.2) is 24.3 Å². The molecule has 3 nitrogen and oxygen atoms in total. The van der Waals surface area contributed by atoms with Crippen LogP contribution in [0, 0.1) is 5.92 Å². The maximum Gasteiger partial charge on any atom is 0.227 e. The van der Waals surface area contributed by atoms with Crippen LogP contribution < -0.4 is 0 Å². The molecule has 0 bridgehead atoms. The highest BCUT2D eigenvalue weighted by molar-refractivity contribution is 5.79. The largest absolute Gasteiger partial charge is 0.508 e. The minimum absolute atomic E-state index is 0.103. The first-order chi connectivity index (χ1) is 9.61. The smallest absolute Gasteiger partial charge is 0.227 e. The van der Waals surface area contributed by atoms with Gasteiger partial charge < -0.3 is 10.0 Å². The lowest BCUT2D eigenvalue weighted by molar-refractivity contribution is -0.132. The summed E-state index contributed by atoms with van der Waals surface area (Å²) in [6.45, 7) is 2.25. The molecule has 0 spiro atoms. The maximum atomic E-state index is 12.3. The van der Waals surface area contributed by atoms with E-state index in [0.29, 0.717) is 11.6 Å². The topological polar surface area (TPSA) is 40.5 Å². The summed E-state index contributed by atoms with van der Waals surface area (Å²) in [6, 6.07) is 7.45. The van der Waals surface area contributed by atoms with E-state index in [4.69, 9.17) is 0 Å². The first kappa shape index (κ1) is 14.9. The van der Waals surface area contributed by atoms with Gasteiger partial charge in [-0.2, -0.15) is 0 Å². The molecule has 1 N–H and O–H groups in total. The first-order valence-corrected chi connectivity index (χ1v) is 7.64. The van der Waals surface area contributed by atoms with Gasteiger partial charge in [0.1, 0.15) is 5.75 Å². The van der Waals surface area contributed by atoms with E-state index in [-0.39, 0.29) is 18.1 Å². The van der Waals surface area contributed by atoms with Crippen LogP contribution in [0.3, 0.4) is 0 Å². The minimum atomic E-state index is 0.103. The molecule has 20 heavy (non-hydrogen) atoms.